The number of halogens is 1. The lowest BCUT2D eigenvalue weighted by Gasteiger charge is -2.35. The van der Waals surface area contributed by atoms with Gasteiger partial charge in [0.2, 0.25) is 0 Å². The zero-order valence-corrected chi connectivity index (χ0v) is 13.0. The lowest BCUT2D eigenvalue weighted by Crippen LogP contribution is -2.41. The smallest absolute Gasteiger partial charge is 0.257 e. The second kappa shape index (κ2) is 6.37. The van der Waals surface area contributed by atoms with Crippen molar-refractivity contribution < 1.29 is 4.79 Å². The fourth-order valence-electron chi connectivity index (χ4n) is 2.12. The Kier molecular flexibility index (Phi) is 4.80. The van der Waals surface area contributed by atoms with E-state index in [1.165, 1.54) is 6.42 Å². The minimum Gasteiger partial charge on any atom is -0.369 e. The molecule has 1 fully saturated rings. The van der Waals surface area contributed by atoms with Crippen molar-refractivity contribution in [2.75, 3.05) is 18.9 Å². The fourth-order valence-corrected chi connectivity index (χ4v) is 2.45. The number of nitrogens with zero attached hydrogens (tertiary/aromatic N) is 2. The van der Waals surface area contributed by atoms with Crippen molar-refractivity contribution in [3.8, 4) is 0 Å². The molecular weight excluding hydrogens is 306 g/mol. The lowest BCUT2D eigenvalue weighted by atomic mass is 9.91. The molecule has 0 bridgehead atoms. The second-order valence-corrected chi connectivity index (χ2v) is 5.89. The predicted molar refractivity (Wildman–Crippen MR) is 80.5 cm³/mol. The molecule has 0 atom stereocenters. The Morgan fingerprint density at radius 1 is 1.58 bits per heavy atom. The molecule has 2 rings (SSSR count). The van der Waals surface area contributed by atoms with Crippen molar-refractivity contribution in [1.82, 2.24) is 9.88 Å². The van der Waals surface area contributed by atoms with Crippen LogP contribution in [-0.2, 0) is 0 Å². The highest BCUT2D eigenvalue weighted by atomic mass is 79.9. The summed E-state index contributed by atoms with van der Waals surface area (Å²) in [4.78, 5) is 18.7. The lowest BCUT2D eigenvalue weighted by molar-refractivity contribution is 0.0652. The van der Waals surface area contributed by atoms with Crippen LogP contribution in [0.15, 0.2) is 16.7 Å². The van der Waals surface area contributed by atoms with Crippen LogP contribution in [0.25, 0.3) is 0 Å². The molecule has 1 saturated carbocycles. The summed E-state index contributed by atoms with van der Waals surface area (Å²) in [5.41, 5.74) is 0.650. The van der Waals surface area contributed by atoms with Gasteiger partial charge >= 0.3 is 0 Å². The van der Waals surface area contributed by atoms with Gasteiger partial charge in [0.05, 0.1) is 5.56 Å². The third kappa shape index (κ3) is 3.26. The number of anilines is 1. The number of amides is 1. The summed E-state index contributed by atoms with van der Waals surface area (Å²) in [6.07, 6.45) is 6.17. The van der Waals surface area contributed by atoms with E-state index in [9.17, 15) is 4.79 Å². The highest BCUT2D eigenvalue weighted by Crippen LogP contribution is 2.27. The molecule has 19 heavy (non-hydrogen) atoms. The first kappa shape index (κ1) is 14.3. The molecule has 4 nitrogen and oxygen atoms in total. The van der Waals surface area contributed by atoms with Crippen LogP contribution in [0.5, 0.6) is 0 Å². The maximum Gasteiger partial charge on any atom is 0.257 e. The first-order chi connectivity index (χ1) is 9.13. The Morgan fingerprint density at radius 3 is 2.89 bits per heavy atom. The third-order valence-electron chi connectivity index (χ3n) is 3.57. The second-order valence-electron chi connectivity index (χ2n) is 4.98. The highest BCUT2D eigenvalue weighted by molar-refractivity contribution is 9.10. The Morgan fingerprint density at radius 2 is 2.32 bits per heavy atom. The van der Waals surface area contributed by atoms with Crippen molar-refractivity contribution in [2.45, 2.75) is 38.6 Å². The molecule has 104 valence electrons. The number of carbonyl (C=O) groups is 1. The Hall–Kier alpha value is -1.10. The van der Waals surface area contributed by atoms with Gasteiger partial charge in [0.1, 0.15) is 5.82 Å². The molecule has 1 heterocycles. The van der Waals surface area contributed by atoms with Crippen LogP contribution in [0.4, 0.5) is 5.82 Å². The Bertz CT molecular complexity index is 460. The van der Waals surface area contributed by atoms with Gasteiger partial charge in [0.25, 0.3) is 5.91 Å². The van der Waals surface area contributed by atoms with E-state index >= 15 is 0 Å². The minimum atomic E-state index is 0.0529. The van der Waals surface area contributed by atoms with Gasteiger partial charge in [0, 0.05) is 30.3 Å². The van der Waals surface area contributed by atoms with Crippen LogP contribution in [0, 0.1) is 0 Å². The average Bonchev–Trinajstić information content (AvgIpc) is 2.34. The van der Waals surface area contributed by atoms with Gasteiger partial charge in [0.15, 0.2) is 0 Å². The molecule has 1 N–H and O–H groups in total. The number of rotatable bonds is 5. The molecule has 1 aliphatic rings. The van der Waals surface area contributed by atoms with Crippen molar-refractivity contribution in [3.63, 3.8) is 0 Å². The summed E-state index contributed by atoms with van der Waals surface area (Å²) >= 11 is 3.39. The van der Waals surface area contributed by atoms with Crippen LogP contribution >= 0.6 is 15.9 Å². The van der Waals surface area contributed by atoms with Gasteiger partial charge in [-0.05, 0) is 47.7 Å². The quantitative estimate of drug-likeness (QED) is 0.903. The maximum atomic E-state index is 12.5. The van der Waals surface area contributed by atoms with Gasteiger partial charge in [-0.1, -0.05) is 6.92 Å². The van der Waals surface area contributed by atoms with Crippen LogP contribution in [0.3, 0.4) is 0 Å². The number of nitrogens with one attached hydrogen (secondary N) is 1. The highest BCUT2D eigenvalue weighted by Gasteiger charge is 2.27. The Balaban J connectivity index is 2.20. The van der Waals surface area contributed by atoms with Crippen LogP contribution in [0.2, 0.25) is 0 Å². The molecule has 0 spiro atoms. The minimum absolute atomic E-state index is 0.0529. The zero-order chi connectivity index (χ0) is 13.8. The van der Waals surface area contributed by atoms with E-state index in [0.29, 0.717) is 17.4 Å². The third-order valence-corrected chi connectivity index (χ3v) is 4.00. The van der Waals surface area contributed by atoms with E-state index in [1.54, 1.807) is 6.20 Å². The molecule has 0 aliphatic heterocycles. The van der Waals surface area contributed by atoms with Gasteiger partial charge in [-0.15, -0.1) is 0 Å². The van der Waals surface area contributed by atoms with Gasteiger partial charge < -0.3 is 10.2 Å². The fraction of sp³-hybridized carbons (Fsp3) is 0.571. The summed E-state index contributed by atoms with van der Waals surface area (Å²) in [5, 5.41) is 3.22. The first-order valence-corrected chi connectivity index (χ1v) is 7.59. The molecule has 1 aromatic heterocycles. The number of hydrogen-bond donors (Lipinski definition) is 1. The summed E-state index contributed by atoms with van der Waals surface area (Å²) in [6.45, 7) is 2.91. The molecule has 0 saturated heterocycles. The van der Waals surface area contributed by atoms with Crippen molar-refractivity contribution >= 4 is 27.7 Å². The molecule has 1 aromatic rings. The maximum absolute atomic E-state index is 12.5. The van der Waals surface area contributed by atoms with E-state index in [1.807, 2.05) is 18.0 Å². The van der Waals surface area contributed by atoms with E-state index < -0.39 is 0 Å². The largest absolute Gasteiger partial charge is 0.369 e. The van der Waals surface area contributed by atoms with Gasteiger partial charge in [-0.2, -0.15) is 0 Å². The van der Waals surface area contributed by atoms with Gasteiger partial charge in [-0.25, -0.2) is 4.98 Å². The zero-order valence-electron chi connectivity index (χ0n) is 11.4. The molecular formula is C14H20BrN3O. The van der Waals surface area contributed by atoms with Crippen LogP contribution in [0.1, 0.15) is 43.0 Å². The molecule has 1 aliphatic carbocycles. The molecule has 0 aromatic carbocycles. The molecule has 5 heteroatoms. The van der Waals surface area contributed by atoms with E-state index in [4.69, 9.17) is 0 Å². The van der Waals surface area contributed by atoms with Gasteiger partial charge in [-0.3, -0.25) is 4.79 Å². The van der Waals surface area contributed by atoms with Crippen molar-refractivity contribution in [2.24, 2.45) is 0 Å². The van der Waals surface area contributed by atoms with Crippen LogP contribution in [-0.4, -0.2) is 35.4 Å². The number of aromatic nitrogens is 1. The summed E-state index contributed by atoms with van der Waals surface area (Å²) in [6, 6.07) is 2.24. The standard InChI is InChI=1S/C14H20BrN3O/c1-3-7-16-13-12(8-10(15)9-17-13)14(19)18(2)11-5-4-6-11/h8-9,11H,3-7H2,1-2H3,(H,16,17). The molecule has 1 amide bonds. The first-order valence-electron chi connectivity index (χ1n) is 6.80. The number of hydrogen-bond acceptors (Lipinski definition) is 3. The van der Waals surface area contributed by atoms with Crippen LogP contribution < -0.4 is 5.32 Å². The number of pyridine rings is 1. The average molecular weight is 326 g/mol. The number of carbonyl (C=O) groups excluding carboxylic acids is 1. The van der Waals surface area contributed by atoms with E-state index in [0.717, 1.165) is 30.3 Å². The SMILES string of the molecule is CCCNc1ncc(Br)cc1C(=O)N(C)C1CCC1. The monoisotopic (exact) mass is 325 g/mol. The topological polar surface area (TPSA) is 45.2 Å². The molecule has 0 unspecified atom stereocenters. The predicted octanol–water partition coefficient (Wildman–Crippen LogP) is 3.29. The molecule has 0 radical (unpaired) electrons. The summed E-state index contributed by atoms with van der Waals surface area (Å²) < 4.78 is 0.833. The van der Waals surface area contributed by atoms with Crippen molar-refractivity contribution in [3.05, 3.63) is 22.3 Å². The van der Waals surface area contributed by atoms with E-state index in [2.05, 4.69) is 33.2 Å². The normalized spacial score (nSPS) is 14.9. The summed E-state index contributed by atoms with van der Waals surface area (Å²) in [5.74, 6) is 0.735. The summed E-state index contributed by atoms with van der Waals surface area (Å²) in [7, 11) is 1.89. The van der Waals surface area contributed by atoms with Crippen molar-refractivity contribution in [1.29, 1.82) is 0 Å². The Labute approximate surface area is 122 Å². The van der Waals surface area contributed by atoms with E-state index in [-0.39, 0.29) is 5.91 Å².